The van der Waals surface area contributed by atoms with Crippen molar-refractivity contribution in [2.75, 3.05) is 19.6 Å². The van der Waals surface area contributed by atoms with Crippen molar-refractivity contribution in [1.82, 2.24) is 9.80 Å². The first-order valence-electron chi connectivity index (χ1n) is 8.35. The summed E-state index contributed by atoms with van der Waals surface area (Å²) in [6.45, 7) is 9.06. The highest BCUT2D eigenvalue weighted by atomic mass is 79.9. The Morgan fingerprint density at radius 1 is 1.29 bits per heavy atom. The monoisotopic (exact) mass is 414 g/mol. The van der Waals surface area contributed by atoms with Crippen LogP contribution in [-0.4, -0.2) is 46.7 Å². The number of amides is 1. The van der Waals surface area contributed by atoms with E-state index in [4.69, 9.17) is 16.3 Å². The molecule has 1 saturated carbocycles. The largest absolute Gasteiger partial charge is 0.444 e. The first kappa shape index (κ1) is 18.0. The number of halogens is 2. The molecule has 0 radical (unpaired) electrons. The highest BCUT2D eigenvalue weighted by molar-refractivity contribution is 9.10. The normalized spacial score (nSPS) is 20.3. The molecule has 24 heavy (non-hydrogen) atoms. The van der Waals surface area contributed by atoms with E-state index in [0.29, 0.717) is 0 Å². The molecule has 1 aromatic carbocycles. The topological polar surface area (TPSA) is 32.8 Å². The summed E-state index contributed by atoms with van der Waals surface area (Å²) in [5, 5.41) is 0.743. The van der Waals surface area contributed by atoms with Gasteiger partial charge in [-0.05, 0) is 57.4 Å². The lowest BCUT2D eigenvalue weighted by atomic mass is 10.1. The Labute approximate surface area is 157 Å². The lowest BCUT2D eigenvalue weighted by molar-refractivity contribution is -0.00808. The van der Waals surface area contributed by atoms with E-state index in [1.165, 1.54) is 5.56 Å². The van der Waals surface area contributed by atoms with Crippen LogP contribution in [0.2, 0.25) is 5.02 Å². The molecule has 1 aliphatic carbocycles. The van der Waals surface area contributed by atoms with Crippen molar-refractivity contribution in [2.45, 2.75) is 51.3 Å². The molecule has 1 aliphatic heterocycles. The average molecular weight is 416 g/mol. The van der Waals surface area contributed by atoms with Gasteiger partial charge in [-0.3, -0.25) is 9.80 Å². The van der Waals surface area contributed by atoms with Gasteiger partial charge in [0.2, 0.25) is 0 Å². The van der Waals surface area contributed by atoms with Crippen molar-refractivity contribution in [2.24, 2.45) is 0 Å². The van der Waals surface area contributed by atoms with Crippen LogP contribution in [0.25, 0.3) is 0 Å². The van der Waals surface area contributed by atoms with Gasteiger partial charge in [0.05, 0.1) is 5.54 Å². The van der Waals surface area contributed by atoms with Gasteiger partial charge in [0.25, 0.3) is 0 Å². The van der Waals surface area contributed by atoms with Crippen LogP contribution in [0, 0.1) is 0 Å². The molecule has 132 valence electrons. The molecular weight excluding hydrogens is 392 g/mol. The zero-order chi connectivity index (χ0) is 17.5. The van der Waals surface area contributed by atoms with Crippen LogP contribution < -0.4 is 0 Å². The molecule has 0 aromatic heterocycles. The lowest BCUT2D eigenvalue weighted by Gasteiger charge is -2.42. The lowest BCUT2D eigenvalue weighted by Crippen LogP contribution is -2.57. The third-order valence-corrected chi connectivity index (χ3v) is 5.18. The van der Waals surface area contributed by atoms with E-state index < -0.39 is 5.60 Å². The molecular formula is C18H24BrClN2O2. The first-order valence-corrected chi connectivity index (χ1v) is 9.52. The summed E-state index contributed by atoms with van der Waals surface area (Å²) in [5.74, 6) is 0. The highest BCUT2D eigenvalue weighted by Crippen LogP contribution is 2.45. The van der Waals surface area contributed by atoms with E-state index >= 15 is 0 Å². The van der Waals surface area contributed by atoms with Gasteiger partial charge in [-0.1, -0.05) is 27.5 Å². The SMILES string of the molecule is CC(C)(C)OC(=O)N1CCN(Cc2cc(Cl)cc(Br)c2)CC12CC2. The Balaban J connectivity index is 1.65. The Morgan fingerprint density at radius 2 is 2.00 bits per heavy atom. The summed E-state index contributed by atoms with van der Waals surface area (Å²) in [6, 6.07) is 6.01. The van der Waals surface area contributed by atoms with Crippen LogP contribution in [0.4, 0.5) is 4.79 Å². The number of benzene rings is 1. The fourth-order valence-corrected chi connectivity index (χ4v) is 4.26. The molecule has 6 heteroatoms. The molecule has 0 bridgehead atoms. The third kappa shape index (κ3) is 4.24. The van der Waals surface area contributed by atoms with Gasteiger partial charge in [-0.25, -0.2) is 4.79 Å². The Kier molecular flexibility index (Phi) is 4.89. The average Bonchev–Trinajstić information content (AvgIpc) is 3.15. The molecule has 1 heterocycles. The Hall–Kier alpha value is -0.780. The van der Waals surface area contributed by atoms with Crippen molar-refractivity contribution in [3.8, 4) is 0 Å². The van der Waals surface area contributed by atoms with Crippen molar-refractivity contribution < 1.29 is 9.53 Å². The van der Waals surface area contributed by atoms with Crippen LogP contribution in [0.5, 0.6) is 0 Å². The second kappa shape index (κ2) is 6.50. The summed E-state index contributed by atoms with van der Waals surface area (Å²) in [7, 11) is 0. The van der Waals surface area contributed by atoms with Crippen molar-refractivity contribution in [3.05, 3.63) is 33.3 Å². The standard InChI is InChI=1S/C18H24BrClN2O2/c1-17(2,3)24-16(23)22-7-6-21(12-18(22)4-5-18)11-13-8-14(19)10-15(20)9-13/h8-10H,4-7,11-12H2,1-3H3. The predicted octanol–water partition coefficient (Wildman–Crippen LogP) is 4.69. The molecule has 4 nitrogen and oxygen atoms in total. The third-order valence-electron chi connectivity index (χ3n) is 4.50. The number of rotatable bonds is 2. The van der Waals surface area contributed by atoms with Gasteiger partial charge in [0.1, 0.15) is 5.60 Å². The molecule has 0 atom stereocenters. The van der Waals surface area contributed by atoms with E-state index in [0.717, 1.165) is 48.5 Å². The molecule has 3 rings (SSSR count). The summed E-state index contributed by atoms with van der Waals surface area (Å²) in [6.07, 6.45) is 1.94. The van der Waals surface area contributed by atoms with Crippen LogP contribution in [0.15, 0.2) is 22.7 Å². The minimum atomic E-state index is -0.447. The molecule has 0 N–H and O–H groups in total. The van der Waals surface area contributed by atoms with Gasteiger partial charge in [0, 0.05) is 35.7 Å². The zero-order valence-corrected chi connectivity index (χ0v) is 16.8. The number of nitrogens with zero attached hydrogens (tertiary/aromatic N) is 2. The van der Waals surface area contributed by atoms with E-state index in [-0.39, 0.29) is 11.6 Å². The summed E-state index contributed by atoms with van der Waals surface area (Å²) in [5.41, 5.74) is 0.712. The van der Waals surface area contributed by atoms with Crippen LogP contribution in [0.1, 0.15) is 39.2 Å². The second-order valence-electron chi connectivity index (χ2n) is 7.84. The van der Waals surface area contributed by atoms with Crippen molar-refractivity contribution >= 4 is 33.6 Å². The molecule has 1 amide bonds. The molecule has 1 spiro atoms. The molecule has 0 unspecified atom stereocenters. The number of hydrogen-bond donors (Lipinski definition) is 0. The number of hydrogen-bond acceptors (Lipinski definition) is 3. The number of ether oxygens (including phenoxy) is 1. The minimum absolute atomic E-state index is 0.0314. The van der Waals surface area contributed by atoms with Crippen LogP contribution in [0.3, 0.4) is 0 Å². The Bertz CT molecular complexity index is 620. The van der Waals surface area contributed by atoms with Gasteiger partial charge < -0.3 is 4.74 Å². The summed E-state index contributed by atoms with van der Waals surface area (Å²) >= 11 is 9.64. The molecule has 2 aliphatic rings. The van der Waals surface area contributed by atoms with Crippen molar-refractivity contribution in [1.29, 1.82) is 0 Å². The first-order chi connectivity index (χ1) is 11.2. The maximum atomic E-state index is 12.5. The number of carbonyl (C=O) groups is 1. The molecule has 1 saturated heterocycles. The highest BCUT2D eigenvalue weighted by Gasteiger charge is 2.54. The predicted molar refractivity (Wildman–Crippen MR) is 99.3 cm³/mol. The maximum absolute atomic E-state index is 12.5. The Morgan fingerprint density at radius 3 is 2.58 bits per heavy atom. The van der Waals surface area contributed by atoms with Gasteiger partial charge in [-0.15, -0.1) is 0 Å². The van der Waals surface area contributed by atoms with Crippen LogP contribution in [-0.2, 0) is 11.3 Å². The summed E-state index contributed by atoms with van der Waals surface area (Å²) < 4.78 is 6.58. The minimum Gasteiger partial charge on any atom is -0.444 e. The van der Waals surface area contributed by atoms with E-state index in [9.17, 15) is 4.79 Å². The van der Waals surface area contributed by atoms with Gasteiger partial charge >= 0.3 is 6.09 Å². The smallest absolute Gasteiger partial charge is 0.410 e. The van der Waals surface area contributed by atoms with Crippen LogP contribution >= 0.6 is 27.5 Å². The van der Waals surface area contributed by atoms with Gasteiger partial charge in [-0.2, -0.15) is 0 Å². The zero-order valence-electron chi connectivity index (χ0n) is 14.4. The van der Waals surface area contributed by atoms with Gasteiger partial charge in [0.15, 0.2) is 0 Å². The summed E-state index contributed by atoms with van der Waals surface area (Å²) in [4.78, 5) is 16.8. The second-order valence-corrected chi connectivity index (χ2v) is 9.20. The number of carbonyl (C=O) groups excluding carboxylic acids is 1. The maximum Gasteiger partial charge on any atom is 0.410 e. The fraction of sp³-hybridized carbons (Fsp3) is 0.611. The van der Waals surface area contributed by atoms with E-state index in [2.05, 4.69) is 26.9 Å². The quantitative estimate of drug-likeness (QED) is 0.702. The molecule has 2 fully saturated rings. The van der Waals surface area contributed by atoms with E-state index in [1.807, 2.05) is 37.8 Å². The van der Waals surface area contributed by atoms with E-state index in [1.54, 1.807) is 0 Å². The molecule has 1 aromatic rings. The number of piperazine rings is 1. The van der Waals surface area contributed by atoms with Crippen molar-refractivity contribution in [3.63, 3.8) is 0 Å². The fourth-order valence-electron chi connectivity index (χ4n) is 3.33.